The van der Waals surface area contributed by atoms with Crippen LogP contribution in [0.3, 0.4) is 0 Å². The van der Waals surface area contributed by atoms with E-state index in [1.165, 1.54) is 5.56 Å². The Hall–Kier alpha value is -2.30. The molecule has 3 rings (SSSR count). The Balaban J connectivity index is 0.00000176. The Kier molecular flexibility index (Phi) is 5.20. The highest BCUT2D eigenvalue weighted by Crippen LogP contribution is 2.21. The third kappa shape index (κ3) is 3.47. The summed E-state index contributed by atoms with van der Waals surface area (Å²) in [7, 11) is 0. The van der Waals surface area contributed by atoms with E-state index < -0.39 is 0 Å². The van der Waals surface area contributed by atoms with Crippen LogP contribution in [0.4, 0.5) is 0 Å². The standard InChI is InChI=1S/C17H16N4.ClH/c1-12-5-4-6-13(9-12)17-20-14(11-18)10-16(21-17)15-7-2-3-8-19-15;/h2-10H,11,18H2,1H3;1H. The number of benzene rings is 1. The van der Waals surface area contributed by atoms with Crippen molar-refractivity contribution < 1.29 is 0 Å². The van der Waals surface area contributed by atoms with Crippen LogP contribution in [0.15, 0.2) is 54.7 Å². The lowest BCUT2D eigenvalue weighted by Crippen LogP contribution is -2.04. The van der Waals surface area contributed by atoms with Crippen molar-refractivity contribution in [2.24, 2.45) is 5.73 Å². The first-order chi connectivity index (χ1) is 10.3. The molecule has 0 amide bonds. The van der Waals surface area contributed by atoms with Gasteiger partial charge in [-0.1, -0.05) is 29.8 Å². The van der Waals surface area contributed by atoms with Crippen molar-refractivity contribution in [2.45, 2.75) is 13.5 Å². The minimum absolute atomic E-state index is 0. The molecule has 112 valence electrons. The first-order valence-corrected chi connectivity index (χ1v) is 6.83. The lowest BCUT2D eigenvalue weighted by Gasteiger charge is -2.07. The monoisotopic (exact) mass is 312 g/mol. The summed E-state index contributed by atoms with van der Waals surface area (Å²) in [6.45, 7) is 2.43. The Labute approximate surface area is 135 Å². The molecule has 0 fully saturated rings. The maximum atomic E-state index is 5.76. The molecule has 0 saturated heterocycles. The molecule has 0 unspecified atom stereocenters. The van der Waals surface area contributed by atoms with Gasteiger partial charge in [0, 0.05) is 18.3 Å². The predicted molar refractivity (Wildman–Crippen MR) is 90.6 cm³/mol. The van der Waals surface area contributed by atoms with E-state index in [2.05, 4.69) is 34.0 Å². The van der Waals surface area contributed by atoms with Crippen molar-refractivity contribution >= 4 is 12.4 Å². The van der Waals surface area contributed by atoms with Crippen LogP contribution in [0, 0.1) is 6.92 Å². The molecule has 0 spiro atoms. The number of hydrogen-bond donors (Lipinski definition) is 1. The maximum absolute atomic E-state index is 5.76. The van der Waals surface area contributed by atoms with Gasteiger partial charge in [0.1, 0.15) is 0 Å². The zero-order valence-electron chi connectivity index (χ0n) is 12.2. The summed E-state index contributed by atoms with van der Waals surface area (Å²) in [5.41, 5.74) is 10.4. The molecule has 1 aromatic carbocycles. The van der Waals surface area contributed by atoms with Crippen molar-refractivity contribution in [2.75, 3.05) is 0 Å². The molecule has 3 aromatic rings. The third-order valence-corrected chi connectivity index (χ3v) is 3.19. The molecular formula is C17H17ClN4. The van der Waals surface area contributed by atoms with E-state index in [-0.39, 0.29) is 12.4 Å². The van der Waals surface area contributed by atoms with E-state index in [9.17, 15) is 0 Å². The molecule has 0 saturated carbocycles. The van der Waals surface area contributed by atoms with Crippen molar-refractivity contribution in [3.63, 3.8) is 0 Å². The van der Waals surface area contributed by atoms with Crippen LogP contribution in [0.25, 0.3) is 22.8 Å². The number of nitrogens with zero attached hydrogens (tertiary/aromatic N) is 3. The molecule has 4 nitrogen and oxygen atoms in total. The molecule has 22 heavy (non-hydrogen) atoms. The van der Waals surface area contributed by atoms with Crippen molar-refractivity contribution in [3.05, 3.63) is 66.0 Å². The fraction of sp³-hybridized carbons (Fsp3) is 0.118. The van der Waals surface area contributed by atoms with Crippen LogP contribution in [0.1, 0.15) is 11.3 Å². The molecule has 0 aliphatic heterocycles. The van der Waals surface area contributed by atoms with Crippen LogP contribution < -0.4 is 5.73 Å². The van der Waals surface area contributed by atoms with Gasteiger partial charge in [-0.3, -0.25) is 4.98 Å². The largest absolute Gasteiger partial charge is 0.325 e. The summed E-state index contributed by atoms with van der Waals surface area (Å²) < 4.78 is 0. The lowest BCUT2D eigenvalue weighted by atomic mass is 10.1. The second-order valence-corrected chi connectivity index (χ2v) is 4.86. The van der Waals surface area contributed by atoms with E-state index in [0.717, 1.165) is 22.6 Å². The van der Waals surface area contributed by atoms with Gasteiger partial charge in [-0.25, -0.2) is 9.97 Å². The summed E-state index contributed by atoms with van der Waals surface area (Å²) in [5, 5.41) is 0. The van der Waals surface area contributed by atoms with Crippen LogP contribution >= 0.6 is 12.4 Å². The number of hydrogen-bond acceptors (Lipinski definition) is 4. The van der Waals surface area contributed by atoms with Gasteiger partial charge in [-0.05, 0) is 31.2 Å². The van der Waals surface area contributed by atoms with Crippen LogP contribution in [-0.2, 0) is 6.54 Å². The molecule has 0 aliphatic carbocycles. The van der Waals surface area contributed by atoms with E-state index >= 15 is 0 Å². The molecule has 5 heteroatoms. The molecule has 0 atom stereocenters. The highest BCUT2D eigenvalue weighted by Gasteiger charge is 2.08. The normalized spacial score (nSPS) is 10.1. The van der Waals surface area contributed by atoms with Gasteiger partial charge in [-0.2, -0.15) is 0 Å². The minimum atomic E-state index is 0. The van der Waals surface area contributed by atoms with E-state index in [4.69, 9.17) is 5.73 Å². The third-order valence-electron chi connectivity index (χ3n) is 3.19. The lowest BCUT2D eigenvalue weighted by molar-refractivity contribution is 0.969. The molecule has 0 aliphatic rings. The smallest absolute Gasteiger partial charge is 0.160 e. The number of aryl methyl sites for hydroxylation is 1. The Morgan fingerprint density at radius 3 is 2.50 bits per heavy atom. The molecular weight excluding hydrogens is 296 g/mol. The van der Waals surface area contributed by atoms with Gasteiger partial charge in [-0.15, -0.1) is 12.4 Å². The molecule has 0 radical (unpaired) electrons. The molecule has 2 heterocycles. The zero-order chi connectivity index (χ0) is 14.7. The molecule has 0 bridgehead atoms. The van der Waals surface area contributed by atoms with Crippen LogP contribution in [0.5, 0.6) is 0 Å². The number of halogens is 1. The molecule has 2 N–H and O–H groups in total. The number of nitrogens with two attached hydrogens (primary N) is 1. The van der Waals surface area contributed by atoms with E-state index in [1.807, 2.05) is 36.4 Å². The fourth-order valence-corrected chi connectivity index (χ4v) is 2.16. The predicted octanol–water partition coefficient (Wildman–Crippen LogP) is 3.39. The second kappa shape index (κ2) is 7.11. The van der Waals surface area contributed by atoms with Crippen molar-refractivity contribution in [1.29, 1.82) is 0 Å². The van der Waals surface area contributed by atoms with Gasteiger partial charge >= 0.3 is 0 Å². The average Bonchev–Trinajstić information content (AvgIpc) is 2.55. The number of aromatic nitrogens is 3. The number of rotatable bonds is 3. The zero-order valence-corrected chi connectivity index (χ0v) is 13.0. The quantitative estimate of drug-likeness (QED) is 0.805. The summed E-state index contributed by atoms with van der Waals surface area (Å²) in [4.78, 5) is 13.5. The Bertz CT molecular complexity index is 760. The Morgan fingerprint density at radius 2 is 1.82 bits per heavy atom. The Morgan fingerprint density at radius 1 is 0.955 bits per heavy atom. The van der Waals surface area contributed by atoms with Crippen molar-refractivity contribution in [3.8, 4) is 22.8 Å². The topological polar surface area (TPSA) is 64.7 Å². The summed E-state index contributed by atoms with van der Waals surface area (Å²) in [6, 6.07) is 15.8. The first-order valence-electron chi connectivity index (χ1n) is 6.83. The van der Waals surface area contributed by atoms with E-state index in [0.29, 0.717) is 12.4 Å². The summed E-state index contributed by atoms with van der Waals surface area (Å²) in [6.07, 6.45) is 1.76. The second-order valence-electron chi connectivity index (χ2n) is 4.86. The average molecular weight is 313 g/mol. The van der Waals surface area contributed by atoms with Gasteiger partial charge in [0.25, 0.3) is 0 Å². The molecule has 2 aromatic heterocycles. The summed E-state index contributed by atoms with van der Waals surface area (Å²) >= 11 is 0. The number of pyridine rings is 1. The summed E-state index contributed by atoms with van der Waals surface area (Å²) in [5.74, 6) is 0.683. The van der Waals surface area contributed by atoms with Crippen molar-refractivity contribution in [1.82, 2.24) is 15.0 Å². The highest BCUT2D eigenvalue weighted by atomic mass is 35.5. The fourth-order valence-electron chi connectivity index (χ4n) is 2.16. The highest BCUT2D eigenvalue weighted by molar-refractivity contribution is 5.85. The van der Waals surface area contributed by atoms with Gasteiger partial charge in [0.2, 0.25) is 0 Å². The van der Waals surface area contributed by atoms with Gasteiger partial charge < -0.3 is 5.73 Å². The minimum Gasteiger partial charge on any atom is -0.325 e. The van der Waals surface area contributed by atoms with Gasteiger partial charge in [0.05, 0.1) is 17.1 Å². The first kappa shape index (κ1) is 16.1. The SMILES string of the molecule is Cc1cccc(-c2nc(CN)cc(-c3ccccn3)n2)c1.Cl. The van der Waals surface area contributed by atoms with Crippen LogP contribution in [-0.4, -0.2) is 15.0 Å². The maximum Gasteiger partial charge on any atom is 0.160 e. The van der Waals surface area contributed by atoms with E-state index in [1.54, 1.807) is 6.20 Å². The van der Waals surface area contributed by atoms with Crippen LogP contribution in [0.2, 0.25) is 0 Å². The van der Waals surface area contributed by atoms with Gasteiger partial charge in [0.15, 0.2) is 5.82 Å².